The summed E-state index contributed by atoms with van der Waals surface area (Å²) in [5.74, 6) is 2.43. The number of aliphatic carboxylic acids is 1. The fourth-order valence-corrected chi connectivity index (χ4v) is 17.5. The number of phenols is 1. The Kier molecular flexibility index (Phi) is 23.4. The Morgan fingerprint density at radius 1 is 0.557 bits per heavy atom. The third-order valence-corrected chi connectivity index (χ3v) is 22.7. The maximum absolute atomic E-state index is 13.1. The highest BCUT2D eigenvalue weighted by Crippen LogP contribution is 2.59. The minimum absolute atomic E-state index is 0. The number of esters is 2. The lowest BCUT2D eigenvalue weighted by Crippen LogP contribution is -2.59. The molecule has 3 aromatic carbocycles. The minimum atomic E-state index is -0.774. The van der Waals surface area contributed by atoms with E-state index in [0.29, 0.717) is 40.7 Å². The van der Waals surface area contributed by atoms with Crippen LogP contribution in [0.4, 0.5) is 4.79 Å². The Hall–Kier alpha value is -4.44. The van der Waals surface area contributed by atoms with Crippen LogP contribution < -0.4 is 20.5 Å². The molecule has 5 N–H and O–H groups in total. The summed E-state index contributed by atoms with van der Waals surface area (Å²) in [4.78, 5) is 55.5. The summed E-state index contributed by atoms with van der Waals surface area (Å²) in [6.07, 6.45) is 22.3. The number of halogens is 2. The molecule has 6 fully saturated rings. The Bertz CT molecular complexity index is 2910. The maximum atomic E-state index is 13.1. The van der Waals surface area contributed by atoms with Gasteiger partial charge in [0.1, 0.15) is 34.9 Å². The first-order chi connectivity index (χ1) is 40.7. The van der Waals surface area contributed by atoms with E-state index >= 15 is 0 Å². The van der Waals surface area contributed by atoms with E-state index in [-0.39, 0.29) is 65.3 Å². The zero-order valence-corrected chi connectivity index (χ0v) is 57.1. The molecule has 3 aromatic rings. The van der Waals surface area contributed by atoms with E-state index in [2.05, 4.69) is 77.6 Å². The van der Waals surface area contributed by atoms with Gasteiger partial charge in [-0.3, -0.25) is 4.79 Å². The second-order valence-corrected chi connectivity index (χ2v) is 29.9. The number of nitrogens with two attached hydrogens (primary N) is 1. The molecule has 3 saturated heterocycles. The number of amides is 1. The van der Waals surface area contributed by atoms with Gasteiger partial charge in [0.25, 0.3) is 0 Å². The molecule has 3 heterocycles. The van der Waals surface area contributed by atoms with Gasteiger partial charge in [0, 0.05) is 34.4 Å². The molecule has 12 rings (SSSR count). The number of nitrogens with zero attached hydrogens (tertiary/aromatic N) is 3. The molecule has 3 aliphatic heterocycles. The van der Waals surface area contributed by atoms with Crippen molar-refractivity contribution in [1.82, 2.24) is 20.0 Å². The van der Waals surface area contributed by atoms with Crippen molar-refractivity contribution in [3.05, 3.63) is 88.0 Å². The second-order valence-electron chi connectivity index (χ2n) is 29.9. The number of alkyl carbamates (subject to hydrolysis) is 1. The molecule has 6 bridgehead atoms. The second kappa shape index (κ2) is 29.0. The third kappa shape index (κ3) is 14.7. The normalized spacial score (nSPS) is 29.2. The Balaban J connectivity index is 0.000000180. The monoisotopic (exact) mass is 1260 g/mol. The molecule has 16 heteroatoms. The van der Waals surface area contributed by atoms with Gasteiger partial charge in [-0.25, -0.2) is 14.4 Å². The van der Waals surface area contributed by atoms with Gasteiger partial charge in [-0.2, -0.15) is 0 Å². The molecule has 12 atom stereocenters. The van der Waals surface area contributed by atoms with Crippen molar-refractivity contribution in [3.8, 4) is 17.2 Å². The predicted octanol–water partition coefficient (Wildman–Crippen LogP) is 13.4. The van der Waals surface area contributed by atoms with Crippen LogP contribution in [0.1, 0.15) is 199 Å². The zero-order chi connectivity index (χ0) is 62.2. The van der Waals surface area contributed by atoms with Gasteiger partial charge in [-0.1, -0.05) is 105 Å². The Morgan fingerprint density at radius 3 is 1.30 bits per heavy atom. The average molecular weight is 1260 g/mol. The maximum Gasteiger partial charge on any atom is 0.408 e. The molecule has 9 aliphatic rings. The molecule has 14 nitrogen and oxygen atoms in total. The summed E-state index contributed by atoms with van der Waals surface area (Å²) in [5, 5.41) is 21.0. The van der Waals surface area contributed by atoms with Crippen molar-refractivity contribution in [2.24, 2.45) is 47.2 Å². The summed E-state index contributed by atoms with van der Waals surface area (Å²) in [5.41, 5.74) is 14.9. The van der Waals surface area contributed by atoms with E-state index in [0.717, 1.165) is 37.3 Å². The third-order valence-electron chi connectivity index (χ3n) is 22.7. The van der Waals surface area contributed by atoms with Gasteiger partial charge in [-0.05, 0) is 244 Å². The van der Waals surface area contributed by atoms with Crippen LogP contribution in [0.2, 0.25) is 0 Å². The first kappa shape index (κ1) is 71.0. The van der Waals surface area contributed by atoms with E-state index in [4.69, 9.17) is 25.1 Å². The number of carboxylic acids is 1. The highest BCUT2D eigenvalue weighted by atomic mass is 35.5. The van der Waals surface area contributed by atoms with Gasteiger partial charge in [-0.15, -0.1) is 24.8 Å². The van der Waals surface area contributed by atoms with Crippen LogP contribution in [0.15, 0.2) is 54.6 Å². The van der Waals surface area contributed by atoms with Crippen LogP contribution >= 0.6 is 24.8 Å². The lowest BCUT2D eigenvalue weighted by molar-refractivity contribution is -0.142. The van der Waals surface area contributed by atoms with E-state index in [1.54, 1.807) is 27.7 Å². The van der Waals surface area contributed by atoms with Gasteiger partial charge in [0.2, 0.25) is 0 Å². The molecule has 88 heavy (non-hydrogen) atoms. The number of fused-ring (bicyclic) bond motifs is 3. The lowest BCUT2D eigenvalue weighted by Gasteiger charge is -2.58. The average Bonchev–Trinajstić information content (AvgIpc) is 0.876. The smallest absolute Gasteiger partial charge is 0.408 e. The number of carbonyl (C=O) groups is 4. The van der Waals surface area contributed by atoms with E-state index in [1.807, 2.05) is 59.7 Å². The van der Waals surface area contributed by atoms with Crippen molar-refractivity contribution in [2.45, 2.75) is 237 Å². The lowest BCUT2D eigenvalue weighted by atomic mass is 9.52. The van der Waals surface area contributed by atoms with E-state index in [9.17, 15) is 24.3 Å². The number of likely N-dealkylation sites (tertiary alicyclic amines) is 3. The number of rotatable bonds is 9. The Labute approximate surface area is 539 Å². The van der Waals surface area contributed by atoms with Crippen molar-refractivity contribution in [1.29, 1.82) is 0 Å². The topological polar surface area (TPSA) is 184 Å². The molecular weight excluding hydrogens is 1150 g/mol. The molecule has 0 aromatic heterocycles. The number of likely N-dealkylation sites (N-methyl/N-ethyl adjacent to an activating group) is 3. The number of piperidine rings is 3. The van der Waals surface area contributed by atoms with Crippen molar-refractivity contribution in [3.63, 3.8) is 0 Å². The first-order valence-electron chi connectivity index (χ1n) is 33.3. The first-order valence-corrected chi connectivity index (χ1v) is 33.3. The number of hydrogen-bond acceptors (Lipinski definition) is 12. The number of ether oxygens (including phenoxy) is 3. The largest absolute Gasteiger partial charge is 0.508 e. The summed E-state index contributed by atoms with van der Waals surface area (Å²) in [6.45, 7) is 22.1. The van der Waals surface area contributed by atoms with Crippen LogP contribution in [0.5, 0.6) is 17.2 Å². The SMILES string of the molecule is CC(C)C(C)C(=O)O.CC(C)C(N)C(=O)Oc1ccc2c(c1)[C@]13CCCC[C@@H]1[C@H](C2)N(C)CC3.CC(C)C(NC(=O)OC(C)(C)C)C(=O)Oc1ccc2c(c1)[C@]13CCCC[C@@H]1C(C2)N(C)CC3.CN1CC[C@@]23CCCC[C@@H]2C1Cc1ccc(O)cc13.Cl.Cl. The summed E-state index contributed by atoms with van der Waals surface area (Å²) in [6, 6.07) is 19.3. The quantitative estimate of drug-likeness (QED) is 0.117. The van der Waals surface area contributed by atoms with E-state index in [1.165, 1.54) is 149 Å². The number of benzene rings is 3. The van der Waals surface area contributed by atoms with Crippen molar-refractivity contribution in [2.75, 3.05) is 40.8 Å². The fraction of sp³-hybridized carbons (Fsp3) is 0.694. The van der Waals surface area contributed by atoms with Crippen LogP contribution in [-0.4, -0.2) is 126 Å². The van der Waals surface area contributed by atoms with Gasteiger partial charge >= 0.3 is 24.0 Å². The minimum Gasteiger partial charge on any atom is -0.508 e. The molecular formula is C72H109Cl2N5O9. The van der Waals surface area contributed by atoms with Crippen molar-refractivity contribution < 1.29 is 43.6 Å². The van der Waals surface area contributed by atoms with Crippen molar-refractivity contribution >= 4 is 48.8 Å². The highest BCUT2D eigenvalue weighted by molar-refractivity contribution is 5.86. The number of hydrogen-bond donors (Lipinski definition) is 4. The van der Waals surface area contributed by atoms with Crippen LogP contribution in [0, 0.1) is 41.4 Å². The standard InChI is InChI=1S/C27H40N2O4.C22H32N2O2.C17H23NO.C6H12O2.2ClH/c1-17(2)23(28-25(31)33-26(3,4)5)24(30)32-19-11-10-18-15-22-20-9-7-8-12-27(20,21(18)16-19)13-14-29(22)6;1-14(2)20(23)21(25)26-16-8-7-15-12-19-17-6-4-5-9-22(17,18(15)13-16)10-11-24(19)3;1-18-9-8-17-7-3-2-4-14(17)16(18)10-12-5-6-13(19)11-15(12)17;1-4(2)5(3)6(7)8;;/h10-11,16-17,20,22-23H,7-9,12-15H2,1-6H3,(H,28,31);7-8,13-14,17,19-20H,4-6,9-12,23H2,1-3H3;5-6,11,14,16,19H,2-4,7-10H2,1H3;4-5H,1-3H3,(H,7,8);2*1H/t20-,22?,23?,27+;17-,19+,20?,22+;14-,16?,17+;;;/m111.../s1. The van der Waals surface area contributed by atoms with Gasteiger partial charge in [0.15, 0.2) is 0 Å². The fourth-order valence-electron chi connectivity index (χ4n) is 17.5. The number of carboxylic acid groups (broad SMARTS) is 1. The number of aromatic hydroxyl groups is 1. The molecule has 1 amide bonds. The molecule has 3 saturated carbocycles. The molecule has 0 radical (unpaired) electrons. The highest BCUT2D eigenvalue weighted by Gasteiger charge is 2.56. The molecule has 0 spiro atoms. The van der Waals surface area contributed by atoms with Crippen LogP contribution in [0.3, 0.4) is 0 Å². The van der Waals surface area contributed by atoms with Gasteiger partial charge in [0.05, 0.1) is 5.92 Å². The van der Waals surface area contributed by atoms with E-state index < -0.39 is 35.7 Å². The summed E-state index contributed by atoms with van der Waals surface area (Å²) < 4.78 is 16.9. The molecule has 6 aliphatic carbocycles. The van der Waals surface area contributed by atoms with Gasteiger partial charge < -0.3 is 50.2 Å². The Morgan fingerprint density at radius 2 is 0.943 bits per heavy atom. The van der Waals surface area contributed by atoms with Crippen LogP contribution in [-0.2, 0) is 54.6 Å². The van der Waals surface area contributed by atoms with Crippen LogP contribution in [0.25, 0.3) is 0 Å². The predicted molar refractivity (Wildman–Crippen MR) is 354 cm³/mol. The zero-order valence-electron chi connectivity index (χ0n) is 55.5. The number of carbonyl (C=O) groups excluding carboxylic acids is 3. The number of nitrogens with one attached hydrogen (secondary N) is 1. The molecule has 5 unspecified atom stereocenters. The summed E-state index contributed by atoms with van der Waals surface area (Å²) >= 11 is 0. The molecule has 490 valence electrons. The summed E-state index contributed by atoms with van der Waals surface area (Å²) in [7, 11) is 6.86. The number of phenolic OH excluding ortho intramolecular Hbond substituents is 1.